The summed E-state index contributed by atoms with van der Waals surface area (Å²) >= 11 is 0. The number of nitrogens with one attached hydrogen (secondary N) is 3. The number of aromatic amines is 2. The van der Waals surface area contributed by atoms with Crippen molar-refractivity contribution in [1.82, 2.24) is 9.97 Å². The molecule has 0 atom stereocenters. The van der Waals surface area contributed by atoms with Gasteiger partial charge in [-0.15, -0.1) is 0 Å². The molecule has 13 heavy (non-hydrogen) atoms. The van der Waals surface area contributed by atoms with E-state index < -0.39 is 17.2 Å². The number of H-pyrrole nitrogens is 2. The highest BCUT2D eigenvalue weighted by Crippen LogP contribution is 2.04. The van der Waals surface area contributed by atoms with Gasteiger partial charge in [-0.1, -0.05) is 0 Å². The van der Waals surface area contributed by atoms with E-state index in [2.05, 4.69) is 10.3 Å². The van der Waals surface area contributed by atoms with E-state index in [1.165, 1.54) is 6.92 Å². The van der Waals surface area contributed by atoms with E-state index in [-0.39, 0.29) is 11.5 Å². The fraction of sp³-hybridized carbons (Fsp3) is 0.167. The molecule has 0 aliphatic rings. The van der Waals surface area contributed by atoms with Crippen LogP contribution in [0.25, 0.3) is 0 Å². The Bertz CT molecular complexity index is 444. The van der Waals surface area contributed by atoms with Crippen LogP contribution in [-0.2, 0) is 4.79 Å². The summed E-state index contributed by atoms with van der Waals surface area (Å²) < 4.78 is 0. The summed E-state index contributed by atoms with van der Waals surface area (Å²) in [6, 6.07) is 0. The monoisotopic (exact) mass is 184 g/mol. The number of hydrogen-bond acceptors (Lipinski definition) is 4. The number of aromatic nitrogens is 2. The maximum atomic E-state index is 11.0. The number of hydrogen-bond donors (Lipinski definition) is 4. The SMILES string of the molecule is CC(=O)Nc1c(N)[nH]c(=O)[nH]c1=O. The topological polar surface area (TPSA) is 121 Å². The molecule has 7 heteroatoms. The lowest BCUT2D eigenvalue weighted by atomic mass is 10.4. The number of rotatable bonds is 1. The van der Waals surface area contributed by atoms with Gasteiger partial charge in [-0.05, 0) is 0 Å². The van der Waals surface area contributed by atoms with Crippen molar-refractivity contribution in [2.45, 2.75) is 6.92 Å². The Morgan fingerprint density at radius 3 is 2.46 bits per heavy atom. The summed E-state index contributed by atoms with van der Waals surface area (Å²) in [6.07, 6.45) is 0. The minimum atomic E-state index is -0.726. The molecule has 0 saturated heterocycles. The van der Waals surface area contributed by atoms with Gasteiger partial charge in [-0.3, -0.25) is 19.6 Å². The predicted octanol–water partition coefficient (Wildman–Crippen LogP) is -1.40. The molecular weight excluding hydrogens is 176 g/mol. The first-order valence-corrected chi connectivity index (χ1v) is 3.40. The van der Waals surface area contributed by atoms with Crippen molar-refractivity contribution in [1.29, 1.82) is 0 Å². The fourth-order valence-corrected chi connectivity index (χ4v) is 0.804. The number of amides is 1. The van der Waals surface area contributed by atoms with Gasteiger partial charge in [-0.25, -0.2) is 4.79 Å². The third-order valence-electron chi connectivity index (χ3n) is 1.27. The lowest BCUT2D eigenvalue weighted by Crippen LogP contribution is -2.28. The quantitative estimate of drug-likeness (QED) is 0.429. The molecule has 1 heterocycles. The summed E-state index contributed by atoms with van der Waals surface area (Å²) in [6.45, 7) is 1.23. The van der Waals surface area contributed by atoms with Crippen LogP contribution in [0.2, 0.25) is 0 Å². The minimum Gasteiger partial charge on any atom is -0.383 e. The van der Waals surface area contributed by atoms with Gasteiger partial charge >= 0.3 is 5.69 Å². The van der Waals surface area contributed by atoms with Crippen molar-refractivity contribution in [2.24, 2.45) is 0 Å². The van der Waals surface area contributed by atoms with Crippen LogP contribution in [0.3, 0.4) is 0 Å². The standard InChI is InChI=1S/C6H8N4O3/c1-2(11)8-3-4(7)9-6(13)10-5(3)12/h1H3,(H,8,11)(H4,7,9,10,12,13). The minimum absolute atomic E-state index is 0.146. The second-order valence-electron chi connectivity index (χ2n) is 2.38. The molecule has 1 amide bonds. The second-order valence-corrected chi connectivity index (χ2v) is 2.38. The Balaban J connectivity index is 3.29. The van der Waals surface area contributed by atoms with E-state index in [0.29, 0.717) is 0 Å². The fourth-order valence-electron chi connectivity index (χ4n) is 0.804. The van der Waals surface area contributed by atoms with Crippen LogP contribution in [0, 0.1) is 0 Å². The molecule has 0 spiro atoms. The number of carbonyl (C=O) groups is 1. The van der Waals surface area contributed by atoms with Gasteiger partial charge in [0, 0.05) is 6.92 Å². The smallest absolute Gasteiger partial charge is 0.327 e. The van der Waals surface area contributed by atoms with E-state index in [1.54, 1.807) is 0 Å². The van der Waals surface area contributed by atoms with Gasteiger partial charge < -0.3 is 11.1 Å². The summed E-state index contributed by atoms with van der Waals surface area (Å²) in [5, 5.41) is 2.19. The zero-order valence-corrected chi connectivity index (χ0v) is 6.80. The molecule has 1 rings (SSSR count). The van der Waals surface area contributed by atoms with Crippen LogP contribution in [0.15, 0.2) is 9.59 Å². The Hall–Kier alpha value is -2.05. The third kappa shape index (κ3) is 1.95. The molecule has 7 nitrogen and oxygen atoms in total. The maximum Gasteiger partial charge on any atom is 0.327 e. The highest BCUT2D eigenvalue weighted by molar-refractivity contribution is 5.90. The van der Waals surface area contributed by atoms with Crippen LogP contribution in [0.1, 0.15) is 6.92 Å². The molecule has 0 unspecified atom stereocenters. The van der Waals surface area contributed by atoms with E-state index in [1.807, 2.05) is 4.98 Å². The highest BCUT2D eigenvalue weighted by atomic mass is 16.2. The van der Waals surface area contributed by atoms with E-state index in [0.717, 1.165) is 0 Å². The zero-order chi connectivity index (χ0) is 10.0. The molecule has 0 aliphatic heterocycles. The summed E-state index contributed by atoms with van der Waals surface area (Å²) in [4.78, 5) is 36.3. The van der Waals surface area contributed by atoms with Crippen molar-refractivity contribution < 1.29 is 4.79 Å². The molecule has 0 aliphatic carbocycles. The van der Waals surface area contributed by atoms with Crippen molar-refractivity contribution in [3.8, 4) is 0 Å². The first kappa shape index (κ1) is 9.04. The Labute approximate surface area is 72.0 Å². The molecule has 70 valence electrons. The summed E-state index contributed by atoms with van der Waals surface area (Å²) in [7, 11) is 0. The number of carbonyl (C=O) groups excluding carboxylic acids is 1. The molecular formula is C6H8N4O3. The predicted molar refractivity (Wildman–Crippen MR) is 46.4 cm³/mol. The Morgan fingerprint density at radius 2 is 2.00 bits per heavy atom. The average molecular weight is 184 g/mol. The third-order valence-corrected chi connectivity index (χ3v) is 1.27. The molecule has 0 saturated carbocycles. The van der Waals surface area contributed by atoms with Crippen molar-refractivity contribution >= 4 is 17.4 Å². The van der Waals surface area contributed by atoms with Crippen LogP contribution < -0.4 is 22.3 Å². The van der Waals surface area contributed by atoms with Crippen LogP contribution in [0.5, 0.6) is 0 Å². The van der Waals surface area contributed by atoms with Gasteiger partial charge in [0.1, 0.15) is 11.5 Å². The van der Waals surface area contributed by atoms with Crippen molar-refractivity contribution in [3.05, 3.63) is 20.8 Å². The lowest BCUT2D eigenvalue weighted by molar-refractivity contribution is -0.114. The first-order valence-electron chi connectivity index (χ1n) is 3.40. The second kappa shape index (κ2) is 3.13. The van der Waals surface area contributed by atoms with Crippen molar-refractivity contribution in [2.75, 3.05) is 11.1 Å². The van der Waals surface area contributed by atoms with E-state index in [4.69, 9.17) is 5.73 Å². The zero-order valence-electron chi connectivity index (χ0n) is 6.80. The normalized spacial score (nSPS) is 9.62. The number of anilines is 2. The molecule has 0 bridgehead atoms. The van der Waals surface area contributed by atoms with E-state index in [9.17, 15) is 14.4 Å². The average Bonchev–Trinajstić information content (AvgIpc) is 1.96. The maximum absolute atomic E-state index is 11.0. The summed E-state index contributed by atoms with van der Waals surface area (Å²) in [5.74, 6) is -0.604. The van der Waals surface area contributed by atoms with E-state index >= 15 is 0 Å². The lowest BCUT2D eigenvalue weighted by Gasteiger charge is -2.02. The molecule has 0 fully saturated rings. The first-order chi connectivity index (χ1) is 6.00. The van der Waals surface area contributed by atoms with Crippen LogP contribution >= 0.6 is 0 Å². The largest absolute Gasteiger partial charge is 0.383 e. The molecule has 5 N–H and O–H groups in total. The van der Waals surface area contributed by atoms with Gasteiger partial charge in [-0.2, -0.15) is 0 Å². The van der Waals surface area contributed by atoms with Crippen LogP contribution in [-0.4, -0.2) is 15.9 Å². The Morgan fingerprint density at radius 1 is 1.38 bits per heavy atom. The molecule has 0 radical (unpaired) electrons. The molecule has 0 aromatic carbocycles. The van der Waals surface area contributed by atoms with Crippen LogP contribution in [0.4, 0.5) is 11.5 Å². The van der Waals surface area contributed by atoms with Gasteiger partial charge in [0.15, 0.2) is 0 Å². The van der Waals surface area contributed by atoms with Crippen molar-refractivity contribution in [3.63, 3.8) is 0 Å². The Kier molecular flexibility index (Phi) is 2.18. The molecule has 1 aromatic rings. The highest BCUT2D eigenvalue weighted by Gasteiger charge is 2.06. The molecule has 1 aromatic heterocycles. The van der Waals surface area contributed by atoms with Gasteiger partial charge in [0.2, 0.25) is 5.91 Å². The summed E-state index contributed by atoms with van der Waals surface area (Å²) in [5.41, 5.74) is 3.70. The van der Waals surface area contributed by atoms with Gasteiger partial charge in [0.05, 0.1) is 0 Å². The van der Waals surface area contributed by atoms with Gasteiger partial charge in [0.25, 0.3) is 5.56 Å². The number of nitrogens with two attached hydrogens (primary N) is 1. The number of nitrogen functional groups attached to an aromatic ring is 1.